The summed E-state index contributed by atoms with van der Waals surface area (Å²) in [5.41, 5.74) is 0.0513. The lowest BCUT2D eigenvalue weighted by Gasteiger charge is -2.40. The van der Waals surface area contributed by atoms with Gasteiger partial charge in [-0.15, -0.1) is 0 Å². The van der Waals surface area contributed by atoms with Crippen LogP contribution in [-0.4, -0.2) is 36.3 Å². The highest BCUT2D eigenvalue weighted by molar-refractivity contribution is 5.35. The molecule has 0 aliphatic carbocycles. The molecule has 1 heterocycles. The van der Waals surface area contributed by atoms with Crippen molar-refractivity contribution in [1.29, 1.82) is 0 Å². The molecule has 1 fully saturated rings. The Balaban J connectivity index is 1.66. The van der Waals surface area contributed by atoms with E-state index in [0.717, 1.165) is 12.8 Å². The van der Waals surface area contributed by atoms with Crippen LogP contribution in [0.3, 0.4) is 0 Å². The summed E-state index contributed by atoms with van der Waals surface area (Å²) in [4.78, 5) is 10.1. The van der Waals surface area contributed by atoms with Gasteiger partial charge in [0, 0.05) is 25.0 Å². The van der Waals surface area contributed by atoms with Gasteiger partial charge in [-0.05, 0) is 32.4 Å². The molecule has 1 aromatic carbocycles. The molecule has 134 valence electrons. The average Bonchev–Trinajstić information content (AvgIpc) is 2.53. The Morgan fingerprint density at radius 3 is 2.58 bits per heavy atom. The molecule has 24 heavy (non-hydrogen) atoms. The molecule has 0 aromatic heterocycles. The first kappa shape index (κ1) is 18.6. The fraction of sp³-hybridized carbons (Fsp3) is 0.647. The van der Waals surface area contributed by atoms with Gasteiger partial charge in [-0.25, -0.2) is 0 Å². The lowest BCUT2D eigenvalue weighted by Crippen LogP contribution is -2.45. The number of nitrogens with zero attached hydrogens (tertiary/aromatic N) is 1. The molecule has 2 unspecified atom stereocenters. The molecule has 2 atom stereocenters. The maximum absolute atomic E-state index is 10.6. The van der Waals surface area contributed by atoms with E-state index in [1.165, 1.54) is 12.1 Å². The predicted octanol–water partition coefficient (Wildman–Crippen LogP) is 3.66. The standard InChI is InChI=1S/C17H25NO6/c1-4-14-12-16(24-17(2,3)23-14)22-11-5-10-21-15-8-6-13(7-9-15)18(19)20/h6-9,14,16H,4-5,10-12H2,1-3H3. The summed E-state index contributed by atoms with van der Waals surface area (Å²) in [5, 5.41) is 10.6. The lowest BCUT2D eigenvalue weighted by atomic mass is 10.1. The molecule has 0 radical (unpaired) electrons. The summed E-state index contributed by atoms with van der Waals surface area (Å²) >= 11 is 0. The van der Waals surface area contributed by atoms with Crippen LogP contribution in [0.15, 0.2) is 24.3 Å². The summed E-state index contributed by atoms with van der Waals surface area (Å²) in [6.07, 6.45) is 2.24. The minimum Gasteiger partial charge on any atom is -0.494 e. The third kappa shape index (κ3) is 5.74. The molecule has 7 heteroatoms. The van der Waals surface area contributed by atoms with Gasteiger partial charge in [0.05, 0.1) is 24.2 Å². The van der Waals surface area contributed by atoms with Crippen LogP contribution in [0.25, 0.3) is 0 Å². The molecule has 1 aliphatic heterocycles. The highest BCUT2D eigenvalue weighted by Gasteiger charge is 2.35. The molecule has 0 spiro atoms. The first-order valence-electron chi connectivity index (χ1n) is 8.24. The Kier molecular flexibility index (Phi) is 6.53. The van der Waals surface area contributed by atoms with E-state index in [2.05, 4.69) is 6.92 Å². The van der Waals surface area contributed by atoms with E-state index >= 15 is 0 Å². The van der Waals surface area contributed by atoms with Crippen LogP contribution in [0.1, 0.15) is 40.0 Å². The van der Waals surface area contributed by atoms with Gasteiger partial charge in [0.2, 0.25) is 0 Å². The van der Waals surface area contributed by atoms with Gasteiger partial charge in [0.1, 0.15) is 5.75 Å². The summed E-state index contributed by atoms with van der Waals surface area (Å²) in [7, 11) is 0. The first-order valence-corrected chi connectivity index (χ1v) is 8.24. The zero-order valence-corrected chi connectivity index (χ0v) is 14.4. The van der Waals surface area contributed by atoms with E-state index < -0.39 is 10.7 Å². The van der Waals surface area contributed by atoms with Crippen molar-refractivity contribution >= 4 is 5.69 Å². The van der Waals surface area contributed by atoms with Crippen molar-refractivity contribution in [3.63, 3.8) is 0 Å². The molecular weight excluding hydrogens is 314 g/mol. The fourth-order valence-corrected chi connectivity index (χ4v) is 2.54. The van der Waals surface area contributed by atoms with E-state index in [4.69, 9.17) is 18.9 Å². The monoisotopic (exact) mass is 339 g/mol. The second kappa shape index (κ2) is 8.41. The minimum atomic E-state index is -0.626. The largest absolute Gasteiger partial charge is 0.494 e. The van der Waals surface area contributed by atoms with Crippen LogP contribution in [0.5, 0.6) is 5.75 Å². The van der Waals surface area contributed by atoms with Crippen LogP contribution in [0.2, 0.25) is 0 Å². The van der Waals surface area contributed by atoms with Crippen LogP contribution in [0.4, 0.5) is 5.69 Å². The van der Waals surface area contributed by atoms with Gasteiger partial charge < -0.3 is 18.9 Å². The number of ether oxygens (including phenoxy) is 4. The zero-order valence-electron chi connectivity index (χ0n) is 14.4. The molecule has 1 saturated heterocycles. The SMILES string of the molecule is CCC1CC(OCCCOc2ccc([N+](=O)[O-])cc2)OC(C)(C)O1. The van der Waals surface area contributed by atoms with Crippen molar-refractivity contribution in [1.82, 2.24) is 0 Å². The first-order chi connectivity index (χ1) is 11.4. The Labute approximate surface area is 142 Å². The molecule has 0 saturated carbocycles. The maximum Gasteiger partial charge on any atom is 0.269 e. The van der Waals surface area contributed by atoms with E-state index in [9.17, 15) is 10.1 Å². The van der Waals surface area contributed by atoms with E-state index in [1.807, 2.05) is 13.8 Å². The number of non-ortho nitro benzene ring substituents is 1. The van der Waals surface area contributed by atoms with Gasteiger partial charge in [-0.3, -0.25) is 10.1 Å². The Morgan fingerprint density at radius 2 is 1.96 bits per heavy atom. The van der Waals surface area contributed by atoms with Gasteiger partial charge in [0.25, 0.3) is 5.69 Å². The Hall–Kier alpha value is -1.70. The summed E-state index contributed by atoms with van der Waals surface area (Å²) < 4.78 is 22.9. The van der Waals surface area contributed by atoms with Crippen molar-refractivity contribution in [2.45, 2.75) is 58.2 Å². The molecule has 0 amide bonds. The van der Waals surface area contributed by atoms with Gasteiger partial charge in [-0.1, -0.05) is 6.92 Å². The second-order valence-corrected chi connectivity index (χ2v) is 6.15. The molecule has 2 rings (SSSR count). The minimum absolute atomic E-state index is 0.0513. The van der Waals surface area contributed by atoms with E-state index in [-0.39, 0.29) is 18.1 Å². The fourth-order valence-electron chi connectivity index (χ4n) is 2.54. The number of nitro benzene ring substituents is 1. The zero-order chi connectivity index (χ0) is 17.6. The summed E-state index contributed by atoms with van der Waals surface area (Å²) in [6, 6.07) is 6.03. The number of hydrogen-bond acceptors (Lipinski definition) is 6. The Bertz CT molecular complexity index is 530. The predicted molar refractivity (Wildman–Crippen MR) is 87.9 cm³/mol. The van der Waals surface area contributed by atoms with Crippen LogP contribution < -0.4 is 4.74 Å². The normalized spacial score (nSPS) is 23.0. The van der Waals surface area contributed by atoms with Crippen molar-refractivity contribution < 1.29 is 23.9 Å². The third-order valence-electron chi connectivity index (χ3n) is 3.69. The van der Waals surface area contributed by atoms with E-state index in [1.54, 1.807) is 12.1 Å². The molecular formula is C17H25NO6. The topological polar surface area (TPSA) is 80.1 Å². The quantitative estimate of drug-likeness (QED) is 0.408. The smallest absolute Gasteiger partial charge is 0.269 e. The Morgan fingerprint density at radius 1 is 1.25 bits per heavy atom. The van der Waals surface area contributed by atoms with Gasteiger partial charge in [0.15, 0.2) is 12.1 Å². The number of rotatable bonds is 8. The van der Waals surface area contributed by atoms with Gasteiger partial charge >= 0.3 is 0 Å². The highest BCUT2D eigenvalue weighted by atomic mass is 16.8. The molecule has 1 aliphatic rings. The van der Waals surface area contributed by atoms with Gasteiger partial charge in [-0.2, -0.15) is 0 Å². The third-order valence-corrected chi connectivity index (χ3v) is 3.69. The molecule has 0 N–H and O–H groups in total. The van der Waals surface area contributed by atoms with Crippen LogP contribution in [0, 0.1) is 10.1 Å². The van der Waals surface area contributed by atoms with Crippen molar-refractivity contribution in [3.05, 3.63) is 34.4 Å². The number of hydrogen-bond donors (Lipinski definition) is 0. The lowest BCUT2D eigenvalue weighted by molar-refractivity contribution is -0.384. The summed E-state index contributed by atoms with van der Waals surface area (Å²) in [6.45, 7) is 6.86. The maximum atomic E-state index is 10.6. The highest BCUT2D eigenvalue weighted by Crippen LogP contribution is 2.28. The van der Waals surface area contributed by atoms with Crippen molar-refractivity contribution in [2.75, 3.05) is 13.2 Å². The summed E-state index contributed by atoms with van der Waals surface area (Å²) in [5.74, 6) is -0.0196. The molecule has 1 aromatic rings. The van der Waals surface area contributed by atoms with Crippen LogP contribution in [-0.2, 0) is 14.2 Å². The van der Waals surface area contributed by atoms with Crippen molar-refractivity contribution in [3.8, 4) is 5.75 Å². The van der Waals surface area contributed by atoms with Crippen molar-refractivity contribution in [2.24, 2.45) is 0 Å². The molecule has 0 bridgehead atoms. The number of benzene rings is 1. The number of nitro groups is 1. The van der Waals surface area contributed by atoms with E-state index in [0.29, 0.717) is 25.4 Å². The van der Waals surface area contributed by atoms with Crippen LogP contribution >= 0.6 is 0 Å². The second-order valence-electron chi connectivity index (χ2n) is 6.15. The molecule has 7 nitrogen and oxygen atoms in total. The average molecular weight is 339 g/mol.